The van der Waals surface area contributed by atoms with Crippen LogP contribution in [0.25, 0.3) is 0 Å². The van der Waals surface area contributed by atoms with E-state index in [0.717, 1.165) is 11.3 Å². The molecule has 104 valence electrons. The summed E-state index contributed by atoms with van der Waals surface area (Å²) < 4.78 is 0. The summed E-state index contributed by atoms with van der Waals surface area (Å²) in [6.45, 7) is 2.69. The number of benzene rings is 1. The zero-order valence-corrected chi connectivity index (χ0v) is 12.6. The maximum atomic E-state index is 12.2. The van der Waals surface area contributed by atoms with Gasteiger partial charge in [-0.15, -0.1) is 0 Å². The van der Waals surface area contributed by atoms with Gasteiger partial charge in [-0.05, 0) is 24.6 Å². The second-order valence-electron chi connectivity index (χ2n) is 4.47. The van der Waals surface area contributed by atoms with Crippen molar-refractivity contribution >= 4 is 35.1 Å². The van der Waals surface area contributed by atoms with Crippen LogP contribution in [0.15, 0.2) is 18.2 Å². The van der Waals surface area contributed by atoms with Crippen molar-refractivity contribution in [3.05, 3.63) is 29.3 Å². The van der Waals surface area contributed by atoms with Crippen LogP contribution in [-0.4, -0.2) is 35.0 Å². The molecule has 1 aliphatic heterocycles. The van der Waals surface area contributed by atoms with Crippen LogP contribution >= 0.6 is 23.5 Å². The molecule has 0 spiro atoms. The molecule has 0 aliphatic carbocycles. The Labute approximate surface area is 122 Å². The highest BCUT2D eigenvalue weighted by Gasteiger charge is 2.17. The first kappa shape index (κ1) is 14.6. The van der Waals surface area contributed by atoms with Crippen LogP contribution in [0.1, 0.15) is 15.9 Å². The average Bonchev–Trinajstić information content (AvgIpc) is 2.45. The maximum Gasteiger partial charge on any atom is 0.253 e. The number of amides is 1. The Hall–Kier alpha value is -0.850. The van der Waals surface area contributed by atoms with Gasteiger partial charge in [0, 0.05) is 29.1 Å². The monoisotopic (exact) mass is 297 g/mol. The van der Waals surface area contributed by atoms with E-state index in [1.165, 1.54) is 11.5 Å². The highest BCUT2D eigenvalue weighted by Crippen LogP contribution is 2.23. The smallest absolute Gasteiger partial charge is 0.253 e. The van der Waals surface area contributed by atoms with Gasteiger partial charge in [-0.1, -0.05) is 6.07 Å². The van der Waals surface area contributed by atoms with E-state index in [1.54, 1.807) is 0 Å². The van der Waals surface area contributed by atoms with Crippen molar-refractivity contribution in [3.63, 3.8) is 0 Å². The molecule has 1 aromatic carbocycles. The minimum atomic E-state index is -0.0656. The first-order valence-corrected chi connectivity index (χ1v) is 8.46. The molecular formula is C13H19N3OS2. The molecule has 2 rings (SSSR count). The Morgan fingerprint density at radius 2 is 2.32 bits per heavy atom. The molecule has 0 bridgehead atoms. The van der Waals surface area contributed by atoms with Crippen LogP contribution in [0.2, 0.25) is 0 Å². The van der Waals surface area contributed by atoms with E-state index in [-0.39, 0.29) is 5.91 Å². The van der Waals surface area contributed by atoms with Gasteiger partial charge in [0.15, 0.2) is 0 Å². The lowest BCUT2D eigenvalue weighted by molar-refractivity contribution is 0.0955. The minimum absolute atomic E-state index is 0.0656. The van der Waals surface area contributed by atoms with Crippen molar-refractivity contribution in [2.24, 2.45) is 5.84 Å². The molecule has 1 amide bonds. The summed E-state index contributed by atoms with van der Waals surface area (Å²) in [6, 6.07) is 5.60. The lowest BCUT2D eigenvalue weighted by atomic mass is 10.1. The summed E-state index contributed by atoms with van der Waals surface area (Å²) in [5.41, 5.74) is 4.93. The number of hydrogen-bond acceptors (Lipinski definition) is 5. The number of hydrazine groups is 1. The molecule has 1 saturated heterocycles. The molecule has 1 fully saturated rings. The van der Waals surface area contributed by atoms with E-state index in [2.05, 4.69) is 10.7 Å². The number of anilines is 1. The van der Waals surface area contributed by atoms with Gasteiger partial charge in [-0.2, -0.15) is 23.5 Å². The van der Waals surface area contributed by atoms with Gasteiger partial charge in [0.1, 0.15) is 0 Å². The molecular weight excluding hydrogens is 278 g/mol. The van der Waals surface area contributed by atoms with Crippen LogP contribution < -0.4 is 16.6 Å². The van der Waals surface area contributed by atoms with Gasteiger partial charge >= 0.3 is 0 Å². The summed E-state index contributed by atoms with van der Waals surface area (Å²) in [6.07, 6.45) is 0. The molecule has 1 aromatic rings. The fourth-order valence-electron chi connectivity index (χ4n) is 1.93. The lowest BCUT2D eigenvalue weighted by Gasteiger charge is -2.21. The summed E-state index contributed by atoms with van der Waals surface area (Å²) in [5, 5.41) is 3.51. The van der Waals surface area contributed by atoms with Gasteiger partial charge in [0.25, 0.3) is 5.91 Å². The number of thioether (sulfide) groups is 2. The molecule has 19 heavy (non-hydrogen) atoms. The van der Waals surface area contributed by atoms with Crippen molar-refractivity contribution in [2.45, 2.75) is 12.2 Å². The second kappa shape index (κ2) is 7.07. The van der Waals surface area contributed by atoms with Crippen molar-refractivity contribution in [3.8, 4) is 0 Å². The SMILES string of the molecule is Cc1ccc(C(=O)NCC2CSCCS2)c(NN)c1. The van der Waals surface area contributed by atoms with Gasteiger partial charge in [0.2, 0.25) is 0 Å². The van der Waals surface area contributed by atoms with Gasteiger partial charge < -0.3 is 10.7 Å². The first-order valence-electron chi connectivity index (χ1n) is 6.25. The molecule has 1 aliphatic rings. The number of carbonyl (C=O) groups is 1. The Balaban J connectivity index is 1.95. The highest BCUT2D eigenvalue weighted by atomic mass is 32.2. The molecule has 4 nitrogen and oxygen atoms in total. The zero-order valence-electron chi connectivity index (χ0n) is 10.9. The van der Waals surface area contributed by atoms with Crippen LogP contribution in [-0.2, 0) is 0 Å². The third-order valence-electron chi connectivity index (χ3n) is 2.95. The lowest BCUT2D eigenvalue weighted by Crippen LogP contribution is -2.34. The van der Waals surface area contributed by atoms with E-state index < -0.39 is 0 Å². The number of nitrogens with two attached hydrogens (primary N) is 1. The third-order valence-corrected chi connectivity index (χ3v) is 5.80. The highest BCUT2D eigenvalue weighted by molar-refractivity contribution is 8.06. The Kier molecular flexibility index (Phi) is 5.42. The molecule has 1 unspecified atom stereocenters. The Morgan fingerprint density at radius 3 is 3.00 bits per heavy atom. The minimum Gasteiger partial charge on any atom is -0.351 e. The van der Waals surface area contributed by atoms with E-state index in [9.17, 15) is 4.79 Å². The third kappa shape index (κ3) is 4.06. The van der Waals surface area contributed by atoms with Crippen molar-refractivity contribution in [1.82, 2.24) is 5.32 Å². The molecule has 0 radical (unpaired) electrons. The van der Waals surface area contributed by atoms with E-state index in [4.69, 9.17) is 5.84 Å². The number of hydrogen-bond donors (Lipinski definition) is 3. The standard InChI is InChI=1S/C13H19N3OS2/c1-9-2-3-11(12(6-9)16-14)13(17)15-7-10-8-18-4-5-19-10/h2-3,6,10,16H,4-5,7-8,14H2,1H3,(H,15,17). The van der Waals surface area contributed by atoms with Crippen molar-refractivity contribution in [2.75, 3.05) is 29.2 Å². The van der Waals surface area contributed by atoms with Gasteiger partial charge in [-0.3, -0.25) is 10.6 Å². The van der Waals surface area contributed by atoms with Crippen LogP contribution in [0, 0.1) is 6.92 Å². The molecule has 1 heterocycles. The number of nitrogen functional groups attached to an aromatic ring is 1. The zero-order chi connectivity index (χ0) is 13.7. The fourth-order valence-corrected chi connectivity index (χ4v) is 4.54. The van der Waals surface area contributed by atoms with Crippen LogP contribution in [0.4, 0.5) is 5.69 Å². The number of rotatable bonds is 4. The quantitative estimate of drug-likeness (QED) is 0.585. The number of nitrogens with one attached hydrogen (secondary N) is 2. The molecule has 0 saturated carbocycles. The van der Waals surface area contributed by atoms with Crippen LogP contribution in [0.5, 0.6) is 0 Å². The summed E-state index contributed by atoms with van der Waals surface area (Å²) in [4.78, 5) is 12.2. The van der Waals surface area contributed by atoms with E-state index >= 15 is 0 Å². The summed E-state index contributed by atoms with van der Waals surface area (Å²) in [5.74, 6) is 8.89. The summed E-state index contributed by atoms with van der Waals surface area (Å²) >= 11 is 3.89. The maximum absolute atomic E-state index is 12.2. The number of carbonyl (C=O) groups excluding carboxylic acids is 1. The largest absolute Gasteiger partial charge is 0.351 e. The molecule has 0 aromatic heterocycles. The second-order valence-corrected chi connectivity index (χ2v) is 7.03. The average molecular weight is 297 g/mol. The molecule has 4 N–H and O–H groups in total. The van der Waals surface area contributed by atoms with E-state index in [1.807, 2.05) is 48.6 Å². The fraction of sp³-hybridized carbons (Fsp3) is 0.462. The van der Waals surface area contributed by atoms with Gasteiger partial charge in [0.05, 0.1) is 11.3 Å². The van der Waals surface area contributed by atoms with E-state index in [0.29, 0.717) is 23.0 Å². The normalized spacial score (nSPS) is 18.9. The predicted octanol–water partition coefficient (Wildman–Crippen LogP) is 1.86. The van der Waals surface area contributed by atoms with Crippen LogP contribution in [0.3, 0.4) is 0 Å². The van der Waals surface area contributed by atoms with Gasteiger partial charge in [-0.25, -0.2) is 0 Å². The predicted molar refractivity (Wildman–Crippen MR) is 84.9 cm³/mol. The molecule has 6 heteroatoms. The number of aryl methyl sites for hydroxylation is 1. The molecule has 1 atom stereocenters. The topological polar surface area (TPSA) is 67.2 Å². The Morgan fingerprint density at radius 1 is 1.47 bits per heavy atom. The van der Waals surface area contributed by atoms with Crippen molar-refractivity contribution < 1.29 is 4.79 Å². The van der Waals surface area contributed by atoms with Crippen molar-refractivity contribution in [1.29, 1.82) is 0 Å². The first-order chi connectivity index (χ1) is 9.20. The summed E-state index contributed by atoms with van der Waals surface area (Å²) in [7, 11) is 0. The Bertz CT molecular complexity index is 448.